The molecule has 1 aromatic rings. The number of morpholine rings is 1. The number of benzene rings is 1. The van der Waals surface area contributed by atoms with Gasteiger partial charge in [-0.1, -0.05) is 18.2 Å². The molecule has 146 valence electrons. The quantitative estimate of drug-likeness (QED) is 0.818. The van der Waals surface area contributed by atoms with Crippen LogP contribution in [-0.2, 0) is 20.5 Å². The van der Waals surface area contributed by atoms with Crippen LogP contribution in [0.2, 0.25) is 0 Å². The molecule has 0 bridgehead atoms. The zero-order valence-corrected chi connectivity index (χ0v) is 14.7. The number of rotatable bonds is 3. The van der Waals surface area contributed by atoms with Crippen LogP contribution in [-0.4, -0.2) is 43.0 Å². The predicted octanol–water partition coefficient (Wildman–Crippen LogP) is 3.09. The summed E-state index contributed by atoms with van der Waals surface area (Å²) in [6.07, 6.45) is 0.0438. The van der Waals surface area contributed by atoms with E-state index in [0.29, 0.717) is 39.1 Å². The molecule has 1 aliphatic carbocycles. The third-order valence-corrected chi connectivity index (χ3v) is 4.87. The van der Waals surface area contributed by atoms with Crippen molar-refractivity contribution in [1.82, 2.24) is 4.90 Å². The Morgan fingerprint density at radius 1 is 1.07 bits per heavy atom. The van der Waals surface area contributed by atoms with Gasteiger partial charge in [-0.3, -0.25) is 9.59 Å². The van der Waals surface area contributed by atoms with Gasteiger partial charge in [-0.2, -0.15) is 13.2 Å². The van der Waals surface area contributed by atoms with Crippen molar-refractivity contribution in [2.75, 3.05) is 31.6 Å². The van der Waals surface area contributed by atoms with Crippen LogP contribution in [0.15, 0.2) is 36.4 Å². The second-order valence-corrected chi connectivity index (χ2v) is 6.66. The smallest absolute Gasteiger partial charge is 0.378 e. The maximum atomic E-state index is 12.9. The van der Waals surface area contributed by atoms with Crippen LogP contribution < -0.4 is 5.32 Å². The highest BCUT2D eigenvalue weighted by Gasteiger charge is 2.37. The van der Waals surface area contributed by atoms with Crippen LogP contribution in [0.1, 0.15) is 18.4 Å². The zero-order chi connectivity index (χ0) is 19.4. The normalized spacial score (nSPS) is 23.1. The topological polar surface area (TPSA) is 58.6 Å². The molecule has 0 aromatic heterocycles. The minimum absolute atomic E-state index is 0.0712. The Balaban J connectivity index is 1.72. The molecule has 2 atom stereocenters. The molecule has 2 aliphatic rings. The number of hydrogen-bond acceptors (Lipinski definition) is 3. The zero-order valence-electron chi connectivity index (χ0n) is 14.7. The van der Waals surface area contributed by atoms with Gasteiger partial charge in [0.15, 0.2) is 0 Å². The second kappa shape index (κ2) is 8.12. The Labute approximate surface area is 155 Å². The number of allylic oxidation sites excluding steroid dienone is 2. The first kappa shape index (κ1) is 19.4. The number of anilines is 1. The van der Waals surface area contributed by atoms with Crippen molar-refractivity contribution in [3.8, 4) is 0 Å². The molecule has 0 saturated carbocycles. The molecule has 0 radical (unpaired) electrons. The molecular formula is C19H21F3N2O3. The summed E-state index contributed by atoms with van der Waals surface area (Å²) in [5, 5.41) is 2.54. The van der Waals surface area contributed by atoms with Crippen molar-refractivity contribution in [3.05, 3.63) is 42.0 Å². The lowest BCUT2D eigenvalue weighted by Gasteiger charge is -2.34. The van der Waals surface area contributed by atoms with Gasteiger partial charge in [-0.15, -0.1) is 0 Å². The fraction of sp³-hybridized carbons (Fsp3) is 0.474. The molecule has 3 rings (SSSR count). The number of amides is 2. The van der Waals surface area contributed by atoms with Gasteiger partial charge in [0.25, 0.3) is 0 Å². The van der Waals surface area contributed by atoms with E-state index in [-0.39, 0.29) is 11.6 Å². The Kier molecular flexibility index (Phi) is 5.84. The van der Waals surface area contributed by atoms with E-state index in [1.54, 1.807) is 4.90 Å². The van der Waals surface area contributed by atoms with E-state index in [1.807, 2.05) is 12.2 Å². The Morgan fingerprint density at radius 2 is 1.74 bits per heavy atom. The third kappa shape index (κ3) is 4.68. The average Bonchev–Trinajstić information content (AvgIpc) is 2.67. The summed E-state index contributed by atoms with van der Waals surface area (Å²) in [6, 6.07) is 4.50. The first-order valence-electron chi connectivity index (χ1n) is 8.86. The lowest BCUT2D eigenvalue weighted by molar-refractivity contribution is -0.144. The summed E-state index contributed by atoms with van der Waals surface area (Å²) >= 11 is 0. The maximum Gasteiger partial charge on any atom is 0.416 e. The minimum atomic E-state index is -4.48. The fourth-order valence-electron chi connectivity index (χ4n) is 3.40. The van der Waals surface area contributed by atoms with Gasteiger partial charge in [-0.25, -0.2) is 0 Å². The summed E-state index contributed by atoms with van der Waals surface area (Å²) in [6.45, 7) is 1.91. The number of halogens is 3. The summed E-state index contributed by atoms with van der Waals surface area (Å²) in [5.41, 5.74) is -0.758. The van der Waals surface area contributed by atoms with Crippen molar-refractivity contribution in [2.45, 2.75) is 19.0 Å². The molecule has 5 nitrogen and oxygen atoms in total. The minimum Gasteiger partial charge on any atom is -0.378 e. The first-order valence-corrected chi connectivity index (χ1v) is 8.86. The number of nitrogens with one attached hydrogen (secondary N) is 1. The van der Waals surface area contributed by atoms with Gasteiger partial charge >= 0.3 is 6.18 Å². The van der Waals surface area contributed by atoms with Crippen LogP contribution in [0.3, 0.4) is 0 Å². The van der Waals surface area contributed by atoms with E-state index in [2.05, 4.69) is 5.32 Å². The molecule has 8 heteroatoms. The average molecular weight is 382 g/mol. The number of hydrogen-bond donors (Lipinski definition) is 1. The summed E-state index contributed by atoms with van der Waals surface area (Å²) in [4.78, 5) is 27.2. The van der Waals surface area contributed by atoms with E-state index >= 15 is 0 Å². The second-order valence-electron chi connectivity index (χ2n) is 6.66. The largest absolute Gasteiger partial charge is 0.416 e. The van der Waals surface area contributed by atoms with Gasteiger partial charge in [0.2, 0.25) is 11.8 Å². The maximum absolute atomic E-state index is 12.9. The van der Waals surface area contributed by atoms with Gasteiger partial charge in [0, 0.05) is 18.8 Å². The molecule has 1 aliphatic heterocycles. The molecule has 2 amide bonds. The SMILES string of the molecule is O=C(Nc1cccc(C(F)(F)F)c1)[C@@H]1CC=CC[C@@H]1C(=O)N1CCOCC1. The molecule has 1 fully saturated rings. The molecule has 1 saturated heterocycles. The molecular weight excluding hydrogens is 361 g/mol. The fourth-order valence-corrected chi connectivity index (χ4v) is 3.40. The van der Waals surface area contributed by atoms with E-state index in [4.69, 9.17) is 4.74 Å². The van der Waals surface area contributed by atoms with E-state index in [0.717, 1.165) is 12.1 Å². The highest BCUT2D eigenvalue weighted by molar-refractivity contribution is 5.96. The van der Waals surface area contributed by atoms with Crippen molar-refractivity contribution >= 4 is 17.5 Å². The van der Waals surface area contributed by atoms with E-state index < -0.39 is 29.5 Å². The molecule has 0 spiro atoms. The van der Waals surface area contributed by atoms with E-state index in [1.165, 1.54) is 12.1 Å². The molecule has 1 heterocycles. The van der Waals surface area contributed by atoms with Crippen LogP contribution in [0.25, 0.3) is 0 Å². The van der Waals surface area contributed by atoms with Crippen molar-refractivity contribution in [3.63, 3.8) is 0 Å². The highest BCUT2D eigenvalue weighted by Crippen LogP contribution is 2.32. The van der Waals surface area contributed by atoms with Gasteiger partial charge in [0.05, 0.1) is 30.6 Å². The van der Waals surface area contributed by atoms with Crippen molar-refractivity contribution < 1.29 is 27.5 Å². The van der Waals surface area contributed by atoms with Crippen LogP contribution in [0, 0.1) is 11.8 Å². The number of alkyl halides is 3. The van der Waals surface area contributed by atoms with Crippen LogP contribution in [0.4, 0.5) is 18.9 Å². The number of carbonyl (C=O) groups is 2. The summed E-state index contributed by atoms with van der Waals surface area (Å²) < 4.78 is 43.8. The molecule has 0 unspecified atom stereocenters. The lowest BCUT2D eigenvalue weighted by atomic mass is 9.81. The summed E-state index contributed by atoms with van der Waals surface area (Å²) in [7, 11) is 0. The third-order valence-electron chi connectivity index (χ3n) is 4.87. The Hall–Kier alpha value is -2.35. The predicted molar refractivity (Wildman–Crippen MR) is 92.8 cm³/mol. The van der Waals surface area contributed by atoms with Crippen molar-refractivity contribution in [1.29, 1.82) is 0 Å². The number of carbonyl (C=O) groups excluding carboxylic acids is 2. The van der Waals surface area contributed by atoms with Crippen LogP contribution >= 0.6 is 0 Å². The van der Waals surface area contributed by atoms with Gasteiger partial charge < -0.3 is 15.0 Å². The molecule has 27 heavy (non-hydrogen) atoms. The van der Waals surface area contributed by atoms with Crippen molar-refractivity contribution in [2.24, 2.45) is 11.8 Å². The highest BCUT2D eigenvalue weighted by atomic mass is 19.4. The van der Waals surface area contributed by atoms with Gasteiger partial charge in [0.1, 0.15) is 0 Å². The molecule has 1 aromatic carbocycles. The van der Waals surface area contributed by atoms with Gasteiger partial charge in [-0.05, 0) is 31.0 Å². The standard InChI is InChI=1S/C19H21F3N2O3/c20-19(21,22)13-4-3-5-14(12-13)23-17(25)15-6-1-2-7-16(15)18(26)24-8-10-27-11-9-24/h1-5,12,15-16H,6-11H2,(H,23,25)/t15-,16+/m1/s1. The lowest BCUT2D eigenvalue weighted by Crippen LogP contribution is -2.47. The summed E-state index contributed by atoms with van der Waals surface area (Å²) in [5.74, 6) is -1.67. The number of ether oxygens (including phenoxy) is 1. The number of nitrogens with zero attached hydrogens (tertiary/aromatic N) is 1. The Bertz CT molecular complexity index is 727. The first-order chi connectivity index (χ1) is 12.9. The van der Waals surface area contributed by atoms with E-state index in [9.17, 15) is 22.8 Å². The van der Waals surface area contributed by atoms with Crippen LogP contribution in [0.5, 0.6) is 0 Å². The Morgan fingerprint density at radius 3 is 2.41 bits per heavy atom. The monoisotopic (exact) mass is 382 g/mol. The molecule has 1 N–H and O–H groups in total.